The van der Waals surface area contributed by atoms with Gasteiger partial charge < -0.3 is 9.84 Å². The van der Waals surface area contributed by atoms with Gasteiger partial charge in [-0.05, 0) is 43.6 Å². The number of ether oxygens (including phenoxy) is 1. The minimum absolute atomic E-state index is 0.112. The van der Waals surface area contributed by atoms with Crippen LogP contribution in [0.4, 0.5) is 0 Å². The van der Waals surface area contributed by atoms with Crippen molar-refractivity contribution >= 4 is 0 Å². The van der Waals surface area contributed by atoms with Gasteiger partial charge in [0.1, 0.15) is 0 Å². The summed E-state index contributed by atoms with van der Waals surface area (Å²) in [5.74, 6) is 0.459. The molecule has 0 heterocycles. The molecule has 5 nitrogen and oxygen atoms in total. The van der Waals surface area contributed by atoms with Crippen molar-refractivity contribution in [1.29, 1.82) is 0 Å². The molecule has 0 spiro atoms. The molecule has 0 bridgehead atoms. The van der Waals surface area contributed by atoms with E-state index < -0.39 is 6.10 Å². The van der Waals surface area contributed by atoms with Crippen LogP contribution in [0.2, 0.25) is 0 Å². The fraction of sp³-hybridized carbons (Fsp3) is 1.00. The van der Waals surface area contributed by atoms with Gasteiger partial charge in [-0.2, -0.15) is 0 Å². The van der Waals surface area contributed by atoms with Crippen LogP contribution in [0.5, 0.6) is 0 Å². The molecule has 0 rings (SSSR count). The third-order valence-corrected chi connectivity index (χ3v) is 5.01. The first kappa shape index (κ1) is 24.2. The first-order chi connectivity index (χ1) is 11.6. The van der Waals surface area contributed by atoms with E-state index in [1.807, 2.05) is 0 Å². The van der Waals surface area contributed by atoms with Crippen LogP contribution in [0.1, 0.15) is 92.9 Å². The number of hydrogen-bond acceptors (Lipinski definition) is 3. The number of aliphatic hydroxyl groups excluding tert-OH is 1. The van der Waals surface area contributed by atoms with Crippen LogP contribution in [0.25, 0.3) is 10.4 Å². The van der Waals surface area contributed by atoms with Gasteiger partial charge in [0, 0.05) is 11.5 Å². The molecule has 0 saturated carbocycles. The van der Waals surface area contributed by atoms with E-state index in [-0.39, 0.29) is 17.6 Å². The molecular formula is C20H41N3O2. The van der Waals surface area contributed by atoms with Gasteiger partial charge in [0.25, 0.3) is 0 Å². The summed E-state index contributed by atoms with van der Waals surface area (Å²) in [5.41, 5.74) is 8.24. The van der Waals surface area contributed by atoms with Gasteiger partial charge in [0.05, 0.1) is 18.2 Å². The van der Waals surface area contributed by atoms with Gasteiger partial charge in [-0.3, -0.25) is 0 Å². The first-order valence-electron chi connectivity index (χ1n) is 9.98. The Morgan fingerprint density at radius 1 is 1.00 bits per heavy atom. The van der Waals surface area contributed by atoms with E-state index in [1.54, 1.807) is 0 Å². The zero-order valence-electron chi connectivity index (χ0n) is 17.4. The second-order valence-corrected chi connectivity index (χ2v) is 8.78. The van der Waals surface area contributed by atoms with Crippen molar-refractivity contribution in [3.05, 3.63) is 10.4 Å². The van der Waals surface area contributed by atoms with Crippen molar-refractivity contribution in [2.24, 2.45) is 16.4 Å². The lowest BCUT2D eigenvalue weighted by atomic mass is 9.69. The van der Waals surface area contributed by atoms with E-state index >= 15 is 0 Å². The quantitative estimate of drug-likeness (QED) is 0.173. The Morgan fingerprint density at radius 3 is 2.16 bits per heavy atom. The van der Waals surface area contributed by atoms with Gasteiger partial charge in [0.15, 0.2) is 0 Å². The minimum atomic E-state index is -0.627. The summed E-state index contributed by atoms with van der Waals surface area (Å²) in [6, 6.07) is 0. The number of aliphatic hydroxyl groups is 1. The molecule has 148 valence electrons. The highest BCUT2D eigenvalue weighted by Crippen LogP contribution is 2.40. The normalized spacial score (nSPS) is 14.8. The molecule has 0 aliphatic rings. The van der Waals surface area contributed by atoms with E-state index in [1.165, 1.54) is 44.9 Å². The summed E-state index contributed by atoms with van der Waals surface area (Å²) in [5, 5.41) is 13.2. The highest BCUT2D eigenvalue weighted by molar-refractivity contribution is 4.88. The maximum atomic E-state index is 9.77. The molecule has 0 aromatic carbocycles. The molecule has 0 saturated heterocycles. The Labute approximate surface area is 155 Å². The second kappa shape index (κ2) is 12.6. The standard InChI is InChI=1S/C20H41N3O2/c1-7-8-9-10-11-12-13-18(19(2,3)4)20(5,6)25-15-14-17(24)16-22-23-21/h17-18,24H,7-16H2,1-6H3. The van der Waals surface area contributed by atoms with Crippen molar-refractivity contribution < 1.29 is 9.84 Å². The number of azide groups is 1. The maximum Gasteiger partial charge on any atom is 0.0659 e. The summed E-state index contributed by atoms with van der Waals surface area (Å²) in [6.45, 7) is 14.0. The van der Waals surface area contributed by atoms with E-state index in [0.717, 1.165) is 0 Å². The van der Waals surface area contributed by atoms with Gasteiger partial charge >= 0.3 is 0 Å². The summed E-state index contributed by atoms with van der Waals surface area (Å²) in [7, 11) is 0. The number of rotatable bonds is 14. The van der Waals surface area contributed by atoms with Gasteiger partial charge in [-0.15, -0.1) is 0 Å². The molecule has 0 aliphatic carbocycles. The van der Waals surface area contributed by atoms with Crippen LogP contribution in [0.15, 0.2) is 5.11 Å². The van der Waals surface area contributed by atoms with Crippen molar-refractivity contribution in [3.63, 3.8) is 0 Å². The van der Waals surface area contributed by atoms with Crippen molar-refractivity contribution in [3.8, 4) is 0 Å². The Morgan fingerprint density at radius 2 is 1.60 bits per heavy atom. The molecule has 25 heavy (non-hydrogen) atoms. The van der Waals surface area contributed by atoms with Crippen molar-refractivity contribution in [1.82, 2.24) is 0 Å². The summed E-state index contributed by atoms with van der Waals surface area (Å²) < 4.78 is 6.17. The number of hydrogen-bond donors (Lipinski definition) is 1. The Bertz CT molecular complexity index is 385. The van der Waals surface area contributed by atoms with Gasteiger partial charge in [0.2, 0.25) is 0 Å². The fourth-order valence-electron chi connectivity index (χ4n) is 3.73. The lowest BCUT2D eigenvalue weighted by Gasteiger charge is -2.43. The molecule has 0 radical (unpaired) electrons. The second-order valence-electron chi connectivity index (χ2n) is 8.78. The molecule has 0 amide bonds. The Balaban J connectivity index is 4.44. The van der Waals surface area contributed by atoms with E-state index in [4.69, 9.17) is 10.3 Å². The molecule has 0 fully saturated rings. The highest BCUT2D eigenvalue weighted by atomic mass is 16.5. The highest BCUT2D eigenvalue weighted by Gasteiger charge is 2.38. The molecule has 2 unspecified atom stereocenters. The molecule has 2 atom stereocenters. The molecule has 5 heteroatoms. The predicted molar refractivity (Wildman–Crippen MR) is 106 cm³/mol. The molecule has 1 N–H and O–H groups in total. The van der Waals surface area contributed by atoms with Gasteiger partial charge in [-0.1, -0.05) is 71.3 Å². The Hall–Kier alpha value is -0.770. The number of unbranched alkanes of at least 4 members (excludes halogenated alkanes) is 5. The fourth-order valence-corrected chi connectivity index (χ4v) is 3.73. The minimum Gasteiger partial charge on any atom is -0.393 e. The van der Waals surface area contributed by atoms with Crippen LogP contribution < -0.4 is 0 Å². The monoisotopic (exact) mass is 355 g/mol. The zero-order chi connectivity index (χ0) is 19.3. The smallest absolute Gasteiger partial charge is 0.0659 e. The molecule has 0 aliphatic heterocycles. The lowest BCUT2D eigenvalue weighted by molar-refractivity contribution is -0.101. The maximum absolute atomic E-state index is 9.77. The van der Waals surface area contributed by atoms with Gasteiger partial charge in [-0.25, -0.2) is 0 Å². The first-order valence-corrected chi connectivity index (χ1v) is 9.98. The van der Waals surface area contributed by atoms with E-state index in [9.17, 15) is 5.11 Å². The third kappa shape index (κ3) is 11.5. The average Bonchev–Trinajstić information content (AvgIpc) is 2.50. The van der Waals surface area contributed by atoms with E-state index in [0.29, 0.717) is 18.9 Å². The summed E-state index contributed by atoms with van der Waals surface area (Å²) >= 11 is 0. The topological polar surface area (TPSA) is 78.2 Å². The summed E-state index contributed by atoms with van der Waals surface area (Å²) in [6.07, 6.45) is 8.90. The van der Waals surface area contributed by atoms with Crippen molar-refractivity contribution in [2.45, 2.75) is 105 Å². The summed E-state index contributed by atoms with van der Waals surface area (Å²) in [4.78, 5) is 2.68. The van der Waals surface area contributed by atoms with Crippen LogP contribution >= 0.6 is 0 Å². The average molecular weight is 356 g/mol. The zero-order valence-corrected chi connectivity index (χ0v) is 17.4. The predicted octanol–water partition coefficient (Wildman–Crippen LogP) is 6.26. The third-order valence-electron chi connectivity index (χ3n) is 5.01. The van der Waals surface area contributed by atoms with Crippen molar-refractivity contribution in [2.75, 3.05) is 13.2 Å². The van der Waals surface area contributed by atoms with Crippen LogP contribution in [-0.2, 0) is 4.74 Å². The SMILES string of the molecule is CCCCCCCCC(C(C)(C)C)C(C)(C)OCCC(O)CN=[N+]=[N-]. The lowest BCUT2D eigenvalue weighted by Crippen LogP contribution is -2.42. The molecular weight excluding hydrogens is 314 g/mol. The van der Waals surface area contributed by atoms with E-state index in [2.05, 4.69) is 51.6 Å². The van der Waals surface area contributed by atoms with Crippen LogP contribution in [0.3, 0.4) is 0 Å². The van der Waals surface area contributed by atoms with Crippen LogP contribution in [-0.4, -0.2) is 30.0 Å². The largest absolute Gasteiger partial charge is 0.393 e. The van der Waals surface area contributed by atoms with Crippen LogP contribution in [0, 0.1) is 11.3 Å². The molecule has 0 aromatic heterocycles. The Kier molecular flexibility index (Phi) is 12.2. The molecule has 0 aromatic rings. The number of nitrogens with zero attached hydrogens (tertiary/aromatic N) is 3.